The van der Waals surface area contributed by atoms with Crippen LogP contribution in [0.2, 0.25) is 0 Å². The monoisotopic (exact) mass is 385 g/mol. The maximum atomic E-state index is 5.69. The van der Waals surface area contributed by atoms with Gasteiger partial charge in [-0.3, -0.25) is 4.68 Å². The van der Waals surface area contributed by atoms with Gasteiger partial charge in [0.15, 0.2) is 5.96 Å². The summed E-state index contributed by atoms with van der Waals surface area (Å²) in [6.45, 7) is 14.2. The number of aryl methyl sites for hydroxylation is 3. The van der Waals surface area contributed by atoms with E-state index in [4.69, 9.17) is 9.73 Å². The lowest BCUT2D eigenvalue weighted by Gasteiger charge is -2.12. The summed E-state index contributed by atoms with van der Waals surface area (Å²) in [6.07, 6.45) is 1.23. The fourth-order valence-electron chi connectivity index (χ4n) is 2.93. The lowest BCUT2D eigenvalue weighted by molar-refractivity contribution is 0.0657. The molecule has 6 nitrogen and oxygen atoms in total. The number of aliphatic imine (C=N–C) groups is 1. The Morgan fingerprint density at radius 1 is 1.18 bits per heavy atom. The third-order valence-corrected chi connectivity index (χ3v) is 4.28. The van der Waals surface area contributed by atoms with E-state index in [2.05, 4.69) is 78.4 Å². The average molecular weight is 386 g/mol. The molecule has 1 aromatic heterocycles. The lowest BCUT2D eigenvalue weighted by Crippen LogP contribution is -2.38. The van der Waals surface area contributed by atoms with Gasteiger partial charge >= 0.3 is 0 Å². The maximum absolute atomic E-state index is 5.69. The first kappa shape index (κ1) is 22.0. The molecule has 2 rings (SSSR count). The van der Waals surface area contributed by atoms with Crippen LogP contribution in [-0.4, -0.2) is 34.9 Å². The Morgan fingerprint density at radius 2 is 1.96 bits per heavy atom. The van der Waals surface area contributed by atoms with Crippen molar-refractivity contribution in [2.75, 3.05) is 13.1 Å². The van der Waals surface area contributed by atoms with Gasteiger partial charge in [-0.15, -0.1) is 0 Å². The summed E-state index contributed by atoms with van der Waals surface area (Å²) in [6, 6.07) is 10.5. The van der Waals surface area contributed by atoms with Crippen LogP contribution in [-0.2, 0) is 24.4 Å². The standard InChI is InChI=1S/C22H35N5O/c1-6-23-22(24-11-8-12-27-19(5)13-18(4)26-27)25-15-20-9-7-10-21(14-20)16-28-17(2)3/h7,9-10,13-14,17H,6,8,11-12,15-16H2,1-5H3,(H2,23,24,25). The second-order valence-corrected chi connectivity index (χ2v) is 7.31. The molecule has 0 radical (unpaired) electrons. The van der Waals surface area contributed by atoms with Gasteiger partial charge in [0.05, 0.1) is 24.9 Å². The first-order valence-electron chi connectivity index (χ1n) is 10.2. The minimum absolute atomic E-state index is 0.237. The van der Waals surface area contributed by atoms with Crippen LogP contribution in [0.5, 0.6) is 0 Å². The van der Waals surface area contributed by atoms with Gasteiger partial charge in [0.2, 0.25) is 0 Å². The van der Waals surface area contributed by atoms with Crippen molar-refractivity contribution in [3.8, 4) is 0 Å². The van der Waals surface area contributed by atoms with Crippen molar-refractivity contribution < 1.29 is 4.74 Å². The highest BCUT2D eigenvalue weighted by atomic mass is 16.5. The van der Waals surface area contributed by atoms with Gasteiger partial charge in [-0.25, -0.2) is 4.99 Å². The van der Waals surface area contributed by atoms with Crippen LogP contribution in [0.25, 0.3) is 0 Å². The zero-order valence-corrected chi connectivity index (χ0v) is 18.0. The molecule has 0 spiro atoms. The van der Waals surface area contributed by atoms with Crippen molar-refractivity contribution in [1.82, 2.24) is 20.4 Å². The van der Waals surface area contributed by atoms with Gasteiger partial charge in [-0.2, -0.15) is 5.10 Å². The highest BCUT2D eigenvalue weighted by Crippen LogP contribution is 2.09. The molecule has 0 unspecified atom stereocenters. The molecular formula is C22H35N5O. The van der Waals surface area contributed by atoms with Gasteiger partial charge in [-0.05, 0) is 58.2 Å². The normalized spacial score (nSPS) is 11.9. The Labute approximate surface area is 169 Å². The van der Waals surface area contributed by atoms with E-state index in [0.29, 0.717) is 13.2 Å². The third-order valence-electron chi connectivity index (χ3n) is 4.28. The number of benzene rings is 1. The molecule has 0 atom stereocenters. The number of nitrogens with zero attached hydrogens (tertiary/aromatic N) is 3. The zero-order valence-electron chi connectivity index (χ0n) is 18.0. The van der Waals surface area contributed by atoms with E-state index in [1.165, 1.54) is 16.8 Å². The molecule has 0 saturated heterocycles. The first-order chi connectivity index (χ1) is 13.5. The molecule has 0 aliphatic heterocycles. The number of aromatic nitrogens is 2. The van der Waals surface area contributed by atoms with Crippen molar-refractivity contribution in [3.05, 3.63) is 52.8 Å². The molecule has 0 saturated carbocycles. The van der Waals surface area contributed by atoms with Crippen LogP contribution in [0.1, 0.15) is 49.7 Å². The van der Waals surface area contributed by atoms with Gasteiger partial charge in [0.1, 0.15) is 0 Å². The molecule has 28 heavy (non-hydrogen) atoms. The third kappa shape index (κ3) is 7.72. The summed E-state index contributed by atoms with van der Waals surface area (Å²) in [4.78, 5) is 4.72. The largest absolute Gasteiger partial charge is 0.374 e. The number of rotatable bonds is 10. The fourth-order valence-corrected chi connectivity index (χ4v) is 2.93. The van der Waals surface area contributed by atoms with E-state index in [-0.39, 0.29) is 6.10 Å². The van der Waals surface area contributed by atoms with E-state index in [0.717, 1.165) is 37.7 Å². The van der Waals surface area contributed by atoms with E-state index >= 15 is 0 Å². The van der Waals surface area contributed by atoms with Gasteiger partial charge in [0, 0.05) is 25.3 Å². The van der Waals surface area contributed by atoms with Gasteiger partial charge in [0.25, 0.3) is 0 Å². The minimum atomic E-state index is 0.237. The Kier molecular flexibility index (Phi) is 9.01. The quantitative estimate of drug-likeness (QED) is 0.373. The average Bonchev–Trinajstić information content (AvgIpc) is 2.99. The highest BCUT2D eigenvalue weighted by Gasteiger charge is 2.02. The molecule has 0 aliphatic rings. The highest BCUT2D eigenvalue weighted by molar-refractivity contribution is 5.79. The predicted molar refractivity (Wildman–Crippen MR) is 116 cm³/mol. The Bertz CT molecular complexity index is 751. The van der Waals surface area contributed by atoms with Crippen molar-refractivity contribution in [1.29, 1.82) is 0 Å². The molecule has 0 bridgehead atoms. The molecule has 0 amide bonds. The first-order valence-corrected chi connectivity index (χ1v) is 10.2. The summed E-state index contributed by atoms with van der Waals surface area (Å²) < 4.78 is 7.75. The molecular weight excluding hydrogens is 350 g/mol. The van der Waals surface area contributed by atoms with Crippen molar-refractivity contribution in [2.45, 2.75) is 66.8 Å². The van der Waals surface area contributed by atoms with E-state index in [1.54, 1.807) is 0 Å². The van der Waals surface area contributed by atoms with Crippen LogP contribution >= 0.6 is 0 Å². The van der Waals surface area contributed by atoms with Gasteiger partial charge < -0.3 is 15.4 Å². The molecule has 1 heterocycles. The molecule has 6 heteroatoms. The molecule has 2 N–H and O–H groups in total. The van der Waals surface area contributed by atoms with E-state index in [9.17, 15) is 0 Å². The minimum Gasteiger partial charge on any atom is -0.374 e. The molecule has 0 aliphatic carbocycles. The molecule has 2 aromatic rings. The van der Waals surface area contributed by atoms with Crippen LogP contribution < -0.4 is 10.6 Å². The van der Waals surface area contributed by atoms with Crippen LogP contribution in [0, 0.1) is 13.8 Å². The van der Waals surface area contributed by atoms with Crippen LogP contribution in [0.4, 0.5) is 0 Å². The van der Waals surface area contributed by atoms with E-state index in [1.807, 2.05) is 6.92 Å². The number of nitrogens with one attached hydrogen (secondary N) is 2. The fraction of sp³-hybridized carbons (Fsp3) is 0.545. The topological polar surface area (TPSA) is 63.5 Å². The molecule has 0 fully saturated rings. The van der Waals surface area contributed by atoms with Crippen molar-refractivity contribution in [3.63, 3.8) is 0 Å². The summed E-state index contributed by atoms with van der Waals surface area (Å²) in [5, 5.41) is 11.2. The van der Waals surface area contributed by atoms with Crippen LogP contribution in [0.15, 0.2) is 35.3 Å². The summed E-state index contributed by atoms with van der Waals surface area (Å²) in [7, 11) is 0. The molecule has 154 valence electrons. The zero-order chi connectivity index (χ0) is 20.4. The number of hydrogen-bond donors (Lipinski definition) is 2. The number of hydrogen-bond acceptors (Lipinski definition) is 3. The second kappa shape index (κ2) is 11.5. The molecule has 1 aromatic carbocycles. The smallest absolute Gasteiger partial charge is 0.191 e. The van der Waals surface area contributed by atoms with Crippen molar-refractivity contribution >= 4 is 5.96 Å². The Morgan fingerprint density at radius 3 is 2.64 bits per heavy atom. The van der Waals surface area contributed by atoms with Crippen LogP contribution in [0.3, 0.4) is 0 Å². The Hall–Kier alpha value is -2.34. The number of guanidine groups is 1. The summed E-state index contributed by atoms with van der Waals surface area (Å²) in [5.74, 6) is 0.847. The van der Waals surface area contributed by atoms with Gasteiger partial charge in [-0.1, -0.05) is 24.3 Å². The predicted octanol–water partition coefficient (Wildman–Crippen LogP) is 3.57. The van der Waals surface area contributed by atoms with Crippen molar-refractivity contribution in [2.24, 2.45) is 4.99 Å². The second-order valence-electron chi connectivity index (χ2n) is 7.31. The van der Waals surface area contributed by atoms with E-state index < -0.39 is 0 Å². The SMILES string of the molecule is CCNC(=NCc1cccc(COC(C)C)c1)NCCCn1nc(C)cc1C. The lowest BCUT2D eigenvalue weighted by atomic mass is 10.1. The number of ether oxygens (including phenoxy) is 1. The summed E-state index contributed by atoms with van der Waals surface area (Å²) in [5.41, 5.74) is 4.65. The maximum Gasteiger partial charge on any atom is 0.191 e. The Balaban J connectivity index is 1.84. The summed E-state index contributed by atoms with van der Waals surface area (Å²) >= 11 is 0.